The topological polar surface area (TPSA) is 0 Å². The lowest BCUT2D eigenvalue weighted by atomic mass is 10.2. The average molecular weight is 184 g/mol. The molecular formula is C9H6F2S. The fraction of sp³-hybridized carbons (Fsp3) is 0.111. The Morgan fingerprint density at radius 3 is 2.67 bits per heavy atom. The van der Waals surface area contributed by atoms with E-state index in [4.69, 9.17) is 0 Å². The van der Waals surface area contributed by atoms with Gasteiger partial charge in [0.05, 0.1) is 0 Å². The van der Waals surface area contributed by atoms with E-state index in [1.807, 2.05) is 0 Å². The highest BCUT2D eigenvalue weighted by Gasteiger charge is 2.06. The van der Waals surface area contributed by atoms with E-state index in [0.717, 1.165) is 16.9 Å². The van der Waals surface area contributed by atoms with Crippen molar-refractivity contribution in [3.63, 3.8) is 0 Å². The van der Waals surface area contributed by atoms with E-state index in [2.05, 4.69) is 0 Å². The zero-order valence-electron chi connectivity index (χ0n) is 6.40. The van der Waals surface area contributed by atoms with Gasteiger partial charge in [-0.2, -0.15) is 4.39 Å². The van der Waals surface area contributed by atoms with Gasteiger partial charge in [0, 0.05) is 10.1 Å². The van der Waals surface area contributed by atoms with Crippen molar-refractivity contribution in [2.24, 2.45) is 0 Å². The lowest BCUT2D eigenvalue weighted by molar-refractivity contribution is 0.635. The number of fused-ring (bicyclic) bond motifs is 1. The van der Waals surface area contributed by atoms with Crippen molar-refractivity contribution in [1.29, 1.82) is 0 Å². The second kappa shape index (κ2) is 2.52. The predicted octanol–water partition coefficient (Wildman–Crippen LogP) is 3.49. The van der Waals surface area contributed by atoms with Gasteiger partial charge in [0.15, 0.2) is 5.13 Å². The first-order valence-electron chi connectivity index (χ1n) is 3.52. The molecule has 0 N–H and O–H groups in total. The van der Waals surface area contributed by atoms with E-state index in [0.29, 0.717) is 10.1 Å². The molecule has 0 bridgehead atoms. The Kier molecular flexibility index (Phi) is 1.61. The van der Waals surface area contributed by atoms with Crippen LogP contribution in [0.3, 0.4) is 0 Å². The van der Waals surface area contributed by atoms with Crippen LogP contribution in [0.15, 0.2) is 18.2 Å². The second-order valence-electron chi connectivity index (χ2n) is 2.71. The molecule has 0 aliphatic rings. The molecule has 1 heterocycles. The van der Waals surface area contributed by atoms with Crippen molar-refractivity contribution in [1.82, 2.24) is 0 Å². The molecule has 0 fully saturated rings. The summed E-state index contributed by atoms with van der Waals surface area (Å²) < 4.78 is 26.5. The molecule has 3 heteroatoms. The third-order valence-corrected chi connectivity index (χ3v) is 2.57. The van der Waals surface area contributed by atoms with Crippen LogP contribution in [-0.2, 0) is 0 Å². The number of hydrogen-bond donors (Lipinski definition) is 0. The van der Waals surface area contributed by atoms with E-state index < -0.39 is 0 Å². The Labute approximate surface area is 72.4 Å². The summed E-state index contributed by atoms with van der Waals surface area (Å²) in [6, 6.07) is 4.43. The van der Waals surface area contributed by atoms with Crippen LogP contribution < -0.4 is 0 Å². The number of aryl methyl sites for hydroxylation is 1. The van der Waals surface area contributed by atoms with Gasteiger partial charge in [0.2, 0.25) is 0 Å². The first kappa shape index (κ1) is 7.68. The zero-order valence-corrected chi connectivity index (χ0v) is 7.21. The fourth-order valence-electron chi connectivity index (χ4n) is 1.19. The van der Waals surface area contributed by atoms with Crippen LogP contribution in [0.2, 0.25) is 0 Å². The van der Waals surface area contributed by atoms with Crippen LogP contribution in [0, 0.1) is 17.9 Å². The monoisotopic (exact) mass is 184 g/mol. The summed E-state index contributed by atoms with van der Waals surface area (Å²) in [5.41, 5.74) is 0.821. The van der Waals surface area contributed by atoms with Crippen LogP contribution in [0.4, 0.5) is 8.78 Å². The van der Waals surface area contributed by atoms with Gasteiger partial charge in [-0.05, 0) is 30.7 Å². The molecule has 0 amide bonds. The number of rotatable bonds is 0. The summed E-state index contributed by atoms with van der Waals surface area (Å²) in [4.78, 5) is 0. The molecule has 62 valence electrons. The molecule has 0 aliphatic carbocycles. The van der Waals surface area contributed by atoms with Gasteiger partial charge in [-0.3, -0.25) is 0 Å². The molecule has 0 spiro atoms. The third-order valence-electron chi connectivity index (χ3n) is 1.70. The molecule has 0 saturated carbocycles. The first-order valence-corrected chi connectivity index (χ1v) is 4.33. The van der Waals surface area contributed by atoms with Crippen molar-refractivity contribution < 1.29 is 8.78 Å². The summed E-state index contributed by atoms with van der Waals surface area (Å²) in [6.45, 7) is 1.79. The van der Waals surface area contributed by atoms with Gasteiger partial charge in [0.25, 0.3) is 0 Å². The summed E-state index contributed by atoms with van der Waals surface area (Å²) in [5, 5.41) is 0.0394. The van der Waals surface area contributed by atoms with E-state index in [1.165, 1.54) is 12.1 Å². The number of hydrogen-bond acceptors (Lipinski definition) is 1. The highest BCUT2D eigenvalue weighted by atomic mass is 32.1. The van der Waals surface area contributed by atoms with Gasteiger partial charge in [-0.1, -0.05) is 0 Å². The van der Waals surface area contributed by atoms with Crippen LogP contribution in [0.25, 0.3) is 10.1 Å². The lowest BCUT2D eigenvalue weighted by Crippen LogP contribution is -1.76. The van der Waals surface area contributed by atoms with Gasteiger partial charge in [-0.25, -0.2) is 4.39 Å². The minimum atomic E-state index is -0.342. The Balaban J connectivity index is 2.88. The van der Waals surface area contributed by atoms with E-state index in [1.54, 1.807) is 13.0 Å². The number of thiophene rings is 1. The molecule has 1 aromatic heterocycles. The van der Waals surface area contributed by atoms with E-state index >= 15 is 0 Å². The average Bonchev–Trinajstić information content (AvgIpc) is 2.29. The molecule has 0 aliphatic heterocycles. The second-order valence-corrected chi connectivity index (χ2v) is 3.74. The van der Waals surface area contributed by atoms with Crippen molar-refractivity contribution >= 4 is 21.4 Å². The zero-order chi connectivity index (χ0) is 8.72. The Morgan fingerprint density at radius 2 is 1.92 bits per heavy atom. The maximum atomic E-state index is 13.1. The number of halogens is 2. The summed E-state index contributed by atoms with van der Waals surface area (Å²) >= 11 is 0.974. The molecule has 0 unspecified atom stereocenters. The molecule has 0 nitrogen and oxygen atoms in total. The van der Waals surface area contributed by atoms with Gasteiger partial charge in [0.1, 0.15) is 5.82 Å². The summed E-state index contributed by atoms with van der Waals surface area (Å²) in [6.07, 6.45) is 0. The van der Waals surface area contributed by atoms with Gasteiger partial charge >= 0.3 is 0 Å². The molecule has 2 rings (SSSR count). The van der Waals surface area contributed by atoms with E-state index in [9.17, 15) is 8.78 Å². The van der Waals surface area contributed by atoms with Crippen molar-refractivity contribution in [3.8, 4) is 0 Å². The van der Waals surface area contributed by atoms with Crippen LogP contribution in [0.1, 0.15) is 5.56 Å². The third kappa shape index (κ3) is 1.10. The quantitative estimate of drug-likeness (QED) is 0.588. The molecule has 1 aromatic carbocycles. The molecule has 12 heavy (non-hydrogen) atoms. The molecule has 0 saturated heterocycles. The Morgan fingerprint density at radius 1 is 1.17 bits per heavy atom. The van der Waals surface area contributed by atoms with Crippen molar-refractivity contribution in [2.75, 3.05) is 0 Å². The lowest BCUT2D eigenvalue weighted by Gasteiger charge is -1.93. The largest absolute Gasteiger partial charge is 0.206 e. The fourth-order valence-corrected chi connectivity index (χ4v) is 2.09. The van der Waals surface area contributed by atoms with Crippen molar-refractivity contribution in [2.45, 2.75) is 6.92 Å². The molecule has 2 aromatic rings. The van der Waals surface area contributed by atoms with Gasteiger partial charge < -0.3 is 0 Å². The Bertz CT molecular complexity index is 431. The number of benzene rings is 1. The summed E-state index contributed by atoms with van der Waals surface area (Å²) in [5.74, 6) is -0.342. The van der Waals surface area contributed by atoms with Crippen LogP contribution in [0.5, 0.6) is 0 Å². The van der Waals surface area contributed by atoms with E-state index in [-0.39, 0.29) is 10.9 Å². The highest BCUT2D eigenvalue weighted by Crippen LogP contribution is 2.27. The van der Waals surface area contributed by atoms with Crippen molar-refractivity contribution in [3.05, 3.63) is 34.7 Å². The SMILES string of the molecule is Cc1cc(F)c2cc(F)sc2c1. The normalized spacial score (nSPS) is 10.9. The molecule has 0 radical (unpaired) electrons. The maximum absolute atomic E-state index is 13.1. The predicted molar refractivity (Wildman–Crippen MR) is 46.5 cm³/mol. The smallest absolute Gasteiger partial charge is 0.177 e. The minimum absolute atomic E-state index is 0.338. The standard InChI is InChI=1S/C9H6F2S/c1-5-2-7(10)6-4-9(11)12-8(6)3-5/h2-4H,1H3. The molecular weight excluding hydrogens is 178 g/mol. The van der Waals surface area contributed by atoms with Crippen LogP contribution in [-0.4, -0.2) is 0 Å². The highest BCUT2D eigenvalue weighted by molar-refractivity contribution is 7.17. The Hall–Kier alpha value is -0.960. The maximum Gasteiger partial charge on any atom is 0.177 e. The summed E-state index contributed by atoms with van der Waals surface area (Å²) in [7, 11) is 0. The van der Waals surface area contributed by atoms with Crippen LogP contribution >= 0.6 is 11.3 Å². The minimum Gasteiger partial charge on any atom is -0.206 e. The van der Waals surface area contributed by atoms with Gasteiger partial charge in [-0.15, -0.1) is 11.3 Å². The first-order chi connectivity index (χ1) is 5.66. The molecule has 0 atom stereocenters.